The molecule has 0 N–H and O–H groups in total. The van der Waals surface area contributed by atoms with Crippen LogP contribution in [-0.4, -0.2) is 16.2 Å². The summed E-state index contributed by atoms with van der Waals surface area (Å²) in [5.41, 5.74) is 4.04. The number of benzene rings is 3. The average molecular weight is 676 g/mol. The molecule has 7 heteroatoms. The van der Waals surface area contributed by atoms with Crippen molar-refractivity contribution in [1.29, 1.82) is 5.26 Å². The first-order chi connectivity index (χ1) is 16.0. The maximum absolute atomic E-state index is 10.1. The van der Waals surface area contributed by atoms with Crippen molar-refractivity contribution in [2.24, 2.45) is 0 Å². The molecular formula is C26H16ClI2N3O. The summed E-state index contributed by atoms with van der Waals surface area (Å²) in [6.45, 7) is 0.699. The molecule has 0 radical (unpaired) electrons. The van der Waals surface area contributed by atoms with Crippen LogP contribution in [0.3, 0.4) is 0 Å². The highest BCUT2D eigenvalue weighted by molar-refractivity contribution is 14.1. The van der Waals surface area contributed by atoms with Crippen molar-refractivity contribution in [2.75, 3.05) is 6.61 Å². The predicted octanol–water partition coefficient (Wildman–Crippen LogP) is 7.02. The normalized spacial score (nSPS) is 11.2. The molecule has 0 aliphatic heterocycles. The second-order valence-electron chi connectivity index (χ2n) is 7.11. The summed E-state index contributed by atoms with van der Waals surface area (Å²) in [4.78, 5) is 4.80. The van der Waals surface area contributed by atoms with Crippen LogP contribution in [0.2, 0.25) is 5.02 Å². The lowest BCUT2D eigenvalue weighted by molar-refractivity contribution is 0.367. The minimum atomic E-state index is 0.147. The van der Waals surface area contributed by atoms with Crippen LogP contribution in [0.5, 0.6) is 5.75 Å². The molecule has 0 aliphatic carbocycles. The summed E-state index contributed by atoms with van der Waals surface area (Å²) in [6.07, 6.45) is 7.22. The fraction of sp³-hybridized carbons (Fsp3) is 0.0769. The van der Waals surface area contributed by atoms with Gasteiger partial charge in [0.2, 0.25) is 0 Å². The van der Waals surface area contributed by atoms with Gasteiger partial charge in [-0.25, -0.2) is 4.98 Å². The number of allylic oxidation sites excluding steroid dienone is 1. The monoisotopic (exact) mass is 675 g/mol. The molecule has 0 fully saturated rings. The van der Waals surface area contributed by atoms with Crippen molar-refractivity contribution in [1.82, 2.24) is 9.55 Å². The molecule has 33 heavy (non-hydrogen) atoms. The smallest absolute Gasteiger partial charge is 0.152 e. The van der Waals surface area contributed by atoms with Gasteiger partial charge < -0.3 is 9.30 Å². The van der Waals surface area contributed by atoms with Crippen LogP contribution in [0.15, 0.2) is 60.7 Å². The summed E-state index contributed by atoms with van der Waals surface area (Å²) < 4.78 is 9.81. The van der Waals surface area contributed by atoms with E-state index in [1.165, 1.54) is 0 Å². The van der Waals surface area contributed by atoms with Gasteiger partial charge in [-0.05, 0) is 93.2 Å². The summed E-state index contributed by atoms with van der Waals surface area (Å²) >= 11 is 10.5. The van der Waals surface area contributed by atoms with Gasteiger partial charge in [0, 0.05) is 20.7 Å². The molecule has 0 spiro atoms. The number of fused-ring (bicyclic) bond motifs is 1. The number of terminal acetylenes is 1. The molecule has 162 valence electrons. The molecule has 0 unspecified atom stereocenters. The van der Waals surface area contributed by atoms with E-state index in [4.69, 9.17) is 27.7 Å². The number of halogens is 3. The molecule has 4 aromatic rings. The van der Waals surface area contributed by atoms with Gasteiger partial charge in [0.05, 0.1) is 20.2 Å². The summed E-state index contributed by atoms with van der Waals surface area (Å²) in [5, 5.41) is 10.8. The van der Waals surface area contributed by atoms with E-state index >= 15 is 0 Å². The summed E-state index contributed by atoms with van der Waals surface area (Å²) in [6, 6.07) is 21.9. The van der Waals surface area contributed by atoms with Crippen LogP contribution in [-0.2, 0) is 6.54 Å². The average Bonchev–Trinajstić information content (AvgIpc) is 3.16. The number of hydrogen-bond acceptors (Lipinski definition) is 3. The Morgan fingerprint density at radius 2 is 1.91 bits per heavy atom. The Balaban J connectivity index is 1.87. The molecule has 1 heterocycles. The molecule has 0 atom stereocenters. The molecule has 0 bridgehead atoms. The van der Waals surface area contributed by atoms with E-state index in [1.807, 2.05) is 66.7 Å². The SMILES string of the molecule is C#CCOc1c(I)cc(I)cc1/C=C(\C#N)c1nc2ccccc2n1Cc1ccc(Cl)cc1. The van der Waals surface area contributed by atoms with Crippen LogP contribution in [0.25, 0.3) is 22.7 Å². The molecule has 0 amide bonds. The van der Waals surface area contributed by atoms with Gasteiger partial charge in [0.15, 0.2) is 5.82 Å². The number of para-hydroxylation sites is 2. The number of imidazole rings is 1. The van der Waals surface area contributed by atoms with Crippen LogP contribution in [0.1, 0.15) is 17.0 Å². The van der Waals surface area contributed by atoms with E-state index in [9.17, 15) is 5.26 Å². The quantitative estimate of drug-likeness (QED) is 0.125. The van der Waals surface area contributed by atoms with Gasteiger partial charge in [-0.1, -0.05) is 41.8 Å². The lowest BCUT2D eigenvalue weighted by atomic mass is 10.1. The van der Waals surface area contributed by atoms with E-state index in [0.29, 0.717) is 28.7 Å². The van der Waals surface area contributed by atoms with Crippen LogP contribution in [0, 0.1) is 30.8 Å². The van der Waals surface area contributed by atoms with E-state index in [1.54, 1.807) is 0 Å². The lowest BCUT2D eigenvalue weighted by Crippen LogP contribution is -2.05. The number of ether oxygens (including phenoxy) is 1. The molecule has 0 aliphatic rings. The molecule has 4 rings (SSSR count). The fourth-order valence-corrected chi connectivity index (χ4v) is 5.64. The zero-order chi connectivity index (χ0) is 23.4. The third-order valence-corrected chi connectivity index (χ3v) is 6.58. The Kier molecular flexibility index (Phi) is 7.59. The first-order valence-electron chi connectivity index (χ1n) is 9.87. The third-order valence-electron chi connectivity index (χ3n) is 4.91. The Hall–Kier alpha value is -2.53. The summed E-state index contributed by atoms with van der Waals surface area (Å²) in [7, 11) is 0. The second kappa shape index (κ2) is 10.6. The topological polar surface area (TPSA) is 50.8 Å². The van der Waals surface area contributed by atoms with Gasteiger partial charge in [0.1, 0.15) is 18.4 Å². The van der Waals surface area contributed by atoms with Crippen molar-refractivity contribution in [2.45, 2.75) is 6.54 Å². The second-order valence-corrected chi connectivity index (χ2v) is 9.95. The van der Waals surface area contributed by atoms with Crippen molar-refractivity contribution in [3.8, 4) is 24.2 Å². The van der Waals surface area contributed by atoms with E-state index in [-0.39, 0.29) is 6.61 Å². The minimum Gasteiger partial charge on any atom is -0.479 e. The van der Waals surface area contributed by atoms with Gasteiger partial charge in [-0.3, -0.25) is 0 Å². The fourth-order valence-electron chi connectivity index (χ4n) is 3.47. The van der Waals surface area contributed by atoms with Crippen molar-refractivity contribution >= 4 is 79.5 Å². The van der Waals surface area contributed by atoms with Crippen LogP contribution in [0.4, 0.5) is 0 Å². The van der Waals surface area contributed by atoms with Gasteiger partial charge in [-0.15, -0.1) is 6.42 Å². The predicted molar refractivity (Wildman–Crippen MR) is 150 cm³/mol. The highest BCUT2D eigenvalue weighted by atomic mass is 127. The third kappa shape index (κ3) is 5.35. The van der Waals surface area contributed by atoms with Gasteiger partial charge in [0.25, 0.3) is 0 Å². The van der Waals surface area contributed by atoms with E-state index in [0.717, 1.165) is 29.3 Å². The number of rotatable bonds is 6. The van der Waals surface area contributed by atoms with Gasteiger partial charge in [-0.2, -0.15) is 5.26 Å². The van der Waals surface area contributed by atoms with Gasteiger partial charge >= 0.3 is 0 Å². The Bertz CT molecular complexity index is 1440. The molecule has 0 saturated carbocycles. The summed E-state index contributed by atoms with van der Waals surface area (Å²) in [5.74, 6) is 3.75. The Morgan fingerprint density at radius 3 is 2.64 bits per heavy atom. The van der Waals surface area contributed by atoms with Crippen molar-refractivity contribution in [3.63, 3.8) is 0 Å². The lowest BCUT2D eigenvalue weighted by Gasteiger charge is -2.12. The first-order valence-corrected chi connectivity index (χ1v) is 12.4. The Morgan fingerprint density at radius 1 is 1.15 bits per heavy atom. The van der Waals surface area contributed by atoms with E-state index in [2.05, 4.69) is 61.7 Å². The van der Waals surface area contributed by atoms with Crippen LogP contribution < -0.4 is 4.74 Å². The number of nitrogens with zero attached hydrogens (tertiary/aromatic N) is 3. The van der Waals surface area contributed by atoms with Crippen molar-refractivity contribution < 1.29 is 4.74 Å². The van der Waals surface area contributed by atoms with Crippen LogP contribution >= 0.6 is 56.8 Å². The zero-order valence-corrected chi connectivity index (χ0v) is 22.3. The standard InChI is InChI=1S/C26H16ClI2N3O/c1-2-11-33-25-18(13-21(28)14-22(25)29)12-19(15-30)26-31-23-5-3-4-6-24(23)32(26)16-17-7-9-20(27)10-8-17/h1,3-10,12-14H,11,16H2/b19-12+. The number of nitriles is 1. The van der Waals surface area contributed by atoms with E-state index < -0.39 is 0 Å². The number of aromatic nitrogens is 2. The molecule has 1 aromatic heterocycles. The molecule has 3 aromatic carbocycles. The zero-order valence-electron chi connectivity index (χ0n) is 17.2. The largest absolute Gasteiger partial charge is 0.479 e. The highest BCUT2D eigenvalue weighted by Gasteiger charge is 2.17. The maximum Gasteiger partial charge on any atom is 0.152 e. The molecule has 4 nitrogen and oxygen atoms in total. The molecular weight excluding hydrogens is 660 g/mol. The molecule has 0 saturated heterocycles. The van der Waals surface area contributed by atoms with Crippen molar-refractivity contribution in [3.05, 3.63) is 89.8 Å². The first kappa shape index (κ1) is 23.6. The highest BCUT2D eigenvalue weighted by Crippen LogP contribution is 2.32. The maximum atomic E-state index is 10.1. The number of hydrogen-bond donors (Lipinski definition) is 0. The Labute approximate surface area is 224 Å². The minimum absolute atomic E-state index is 0.147.